The number of phenolic OH excluding ortho intramolecular Hbond substituents is 1. The molecule has 1 aliphatic carbocycles. The number of fused-ring (bicyclic) bond motifs is 1. The lowest BCUT2D eigenvalue weighted by Crippen LogP contribution is -2.36. The topological polar surface area (TPSA) is 66.8 Å². The zero-order valence-electron chi connectivity index (χ0n) is 27.4. The van der Waals surface area contributed by atoms with E-state index in [1.165, 1.54) is 18.2 Å². The van der Waals surface area contributed by atoms with Crippen LogP contribution in [0.3, 0.4) is 0 Å². The number of benzene rings is 2. The van der Waals surface area contributed by atoms with E-state index < -0.39 is 46.3 Å². The number of unbranched alkanes of at least 4 members (excludes halogenated alkanes) is 3. The molecule has 1 N–H and O–H groups in total. The van der Waals surface area contributed by atoms with Crippen molar-refractivity contribution in [2.45, 2.75) is 89.1 Å². The number of ether oxygens (including phenoxy) is 1. The fraction of sp³-hybridized carbons (Fsp3) is 0.600. The Morgan fingerprint density at radius 1 is 0.812 bits per heavy atom. The second kappa shape index (κ2) is 18.4. The summed E-state index contributed by atoms with van der Waals surface area (Å²) in [6.45, 7) is 2.31. The standard InChI is InChI=1S/C35H46F7NO4S/c1-47-23-8-21-43(22-9-25-48(45,46)24-7-19-34(38,39)35(40,41)42)20-5-3-2-4-10-29-28(26-13-15-27(36)16-14-26)11-6-12-31-30(29)17-18-32(44)33(31)37/h13-18,44H,2-12,19-25H2,1H3. The summed E-state index contributed by atoms with van der Waals surface area (Å²) in [7, 11) is -2.20. The molecule has 0 unspecified atom stereocenters. The Morgan fingerprint density at radius 2 is 1.46 bits per heavy atom. The summed E-state index contributed by atoms with van der Waals surface area (Å²) in [4.78, 5) is 2.11. The molecule has 0 spiro atoms. The minimum atomic E-state index is -5.70. The van der Waals surface area contributed by atoms with Crippen molar-refractivity contribution in [1.29, 1.82) is 0 Å². The fourth-order valence-corrected chi connectivity index (χ4v) is 7.53. The van der Waals surface area contributed by atoms with Gasteiger partial charge in [0, 0.05) is 26.7 Å². The summed E-state index contributed by atoms with van der Waals surface area (Å²) in [5.41, 5.74) is 4.20. The van der Waals surface area contributed by atoms with E-state index in [2.05, 4.69) is 4.90 Å². The lowest BCUT2D eigenvalue weighted by molar-refractivity contribution is -0.284. The van der Waals surface area contributed by atoms with Crippen LogP contribution in [0, 0.1) is 11.6 Å². The quantitative estimate of drug-likeness (QED) is 0.110. The first kappa shape index (κ1) is 39.8. The molecule has 0 aromatic heterocycles. The number of allylic oxidation sites excluding steroid dienone is 2. The third-order valence-electron chi connectivity index (χ3n) is 8.72. The number of phenols is 1. The lowest BCUT2D eigenvalue weighted by Gasteiger charge is -2.22. The highest BCUT2D eigenvalue weighted by atomic mass is 32.2. The summed E-state index contributed by atoms with van der Waals surface area (Å²) in [5.74, 6) is -7.25. The second-order valence-corrected chi connectivity index (χ2v) is 14.7. The van der Waals surface area contributed by atoms with E-state index in [1.54, 1.807) is 25.3 Å². The van der Waals surface area contributed by atoms with Gasteiger partial charge in [-0.1, -0.05) is 31.0 Å². The number of halogens is 7. The smallest absolute Gasteiger partial charge is 0.453 e. The minimum absolute atomic E-state index is 0.233. The normalized spacial score (nSPS) is 14.4. The third kappa shape index (κ3) is 12.0. The average molecular weight is 710 g/mol. The van der Waals surface area contributed by atoms with Gasteiger partial charge in [0.2, 0.25) is 0 Å². The van der Waals surface area contributed by atoms with Crippen LogP contribution in [0.5, 0.6) is 5.75 Å². The molecular weight excluding hydrogens is 663 g/mol. The molecule has 0 fully saturated rings. The number of sulfone groups is 1. The van der Waals surface area contributed by atoms with E-state index >= 15 is 0 Å². The monoisotopic (exact) mass is 709 g/mol. The van der Waals surface area contributed by atoms with Crippen molar-refractivity contribution < 1.29 is 49.0 Å². The van der Waals surface area contributed by atoms with Gasteiger partial charge in [-0.2, -0.15) is 22.0 Å². The van der Waals surface area contributed by atoms with Gasteiger partial charge in [-0.25, -0.2) is 17.2 Å². The fourth-order valence-electron chi connectivity index (χ4n) is 6.17. The molecule has 3 rings (SSSR count). The zero-order chi connectivity index (χ0) is 35.4. The number of hydrogen-bond acceptors (Lipinski definition) is 5. The first-order valence-electron chi connectivity index (χ1n) is 16.5. The van der Waals surface area contributed by atoms with Crippen LogP contribution >= 0.6 is 0 Å². The van der Waals surface area contributed by atoms with Crippen LogP contribution in [0.15, 0.2) is 36.4 Å². The summed E-state index contributed by atoms with van der Waals surface area (Å²) in [5, 5.41) is 10.00. The maximum Gasteiger partial charge on any atom is 0.453 e. The first-order chi connectivity index (χ1) is 22.6. The molecule has 0 saturated carbocycles. The van der Waals surface area contributed by atoms with Crippen molar-refractivity contribution in [2.75, 3.05) is 44.9 Å². The number of aromatic hydroxyl groups is 1. The summed E-state index contributed by atoms with van der Waals surface area (Å²) in [6.07, 6.45) is -1.12. The van der Waals surface area contributed by atoms with E-state index in [0.717, 1.165) is 54.4 Å². The Bertz CT molecular complexity index is 1440. The molecule has 0 aliphatic heterocycles. The predicted octanol–water partition coefficient (Wildman–Crippen LogP) is 8.99. The molecule has 5 nitrogen and oxygen atoms in total. The molecule has 0 heterocycles. The summed E-state index contributed by atoms with van der Waals surface area (Å²) >= 11 is 0. The third-order valence-corrected chi connectivity index (χ3v) is 10.5. The Morgan fingerprint density at radius 3 is 2.15 bits per heavy atom. The van der Waals surface area contributed by atoms with Gasteiger partial charge in [0.05, 0.1) is 11.5 Å². The largest absolute Gasteiger partial charge is 0.505 e. The van der Waals surface area contributed by atoms with Gasteiger partial charge in [0.25, 0.3) is 0 Å². The maximum atomic E-state index is 15.0. The van der Waals surface area contributed by atoms with Crippen LogP contribution in [-0.2, 0) is 21.0 Å². The van der Waals surface area contributed by atoms with E-state index in [4.69, 9.17) is 4.74 Å². The highest BCUT2D eigenvalue weighted by Crippen LogP contribution is 2.41. The number of alkyl halides is 5. The van der Waals surface area contributed by atoms with E-state index in [1.807, 2.05) is 0 Å². The molecule has 2 aromatic carbocycles. The van der Waals surface area contributed by atoms with Gasteiger partial charge in [-0.15, -0.1) is 0 Å². The van der Waals surface area contributed by atoms with Crippen molar-refractivity contribution in [2.24, 2.45) is 0 Å². The number of nitrogens with zero attached hydrogens (tertiary/aromatic N) is 1. The van der Waals surface area contributed by atoms with Crippen LogP contribution in [0.25, 0.3) is 11.1 Å². The van der Waals surface area contributed by atoms with Crippen molar-refractivity contribution in [3.8, 4) is 5.75 Å². The molecule has 0 amide bonds. The van der Waals surface area contributed by atoms with Gasteiger partial charge in [-0.05, 0) is 117 Å². The number of rotatable bonds is 20. The van der Waals surface area contributed by atoms with Crippen LogP contribution in [0.4, 0.5) is 30.7 Å². The Kier molecular flexibility index (Phi) is 15.2. The average Bonchev–Trinajstić information content (AvgIpc) is 3.20. The molecule has 48 heavy (non-hydrogen) atoms. The molecule has 0 bridgehead atoms. The molecule has 2 aromatic rings. The van der Waals surface area contributed by atoms with Gasteiger partial charge in [-0.3, -0.25) is 0 Å². The van der Waals surface area contributed by atoms with Crippen LogP contribution in [0.2, 0.25) is 0 Å². The molecule has 270 valence electrons. The van der Waals surface area contributed by atoms with Crippen LogP contribution in [-0.4, -0.2) is 75.4 Å². The van der Waals surface area contributed by atoms with E-state index in [0.29, 0.717) is 57.5 Å². The lowest BCUT2D eigenvalue weighted by atomic mass is 9.89. The van der Waals surface area contributed by atoms with Crippen molar-refractivity contribution in [1.82, 2.24) is 4.90 Å². The zero-order valence-corrected chi connectivity index (χ0v) is 28.2. The summed E-state index contributed by atoms with van der Waals surface area (Å²) < 4.78 is 122. The molecule has 0 atom stereocenters. The SMILES string of the molecule is COCCCN(CCCCCCC1=C(c2ccc(F)cc2)CCCc2c1ccc(O)c2F)CCCS(=O)(=O)CCCC(F)(F)C(F)(F)F. The molecule has 0 radical (unpaired) electrons. The van der Waals surface area contributed by atoms with Crippen molar-refractivity contribution in [3.05, 3.63) is 64.7 Å². The Balaban J connectivity index is 1.54. The first-order valence-corrected chi connectivity index (χ1v) is 18.3. The van der Waals surface area contributed by atoms with Crippen LogP contribution in [0.1, 0.15) is 87.3 Å². The van der Waals surface area contributed by atoms with Gasteiger partial charge in [0.15, 0.2) is 11.6 Å². The van der Waals surface area contributed by atoms with E-state index in [9.17, 15) is 44.3 Å². The van der Waals surface area contributed by atoms with Gasteiger partial charge < -0.3 is 14.7 Å². The highest BCUT2D eigenvalue weighted by molar-refractivity contribution is 7.91. The molecule has 13 heteroatoms. The second-order valence-electron chi connectivity index (χ2n) is 12.4. The van der Waals surface area contributed by atoms with E-state index in [-0.39, 0.29) is 23.7 Å². The van der Waals surface area contributed by atoms with Gasteiger partial charge >= 0.3 is 12.1 Å². The van der Waals surface area contributed by atoms with Crippen molar-refractivity contribution in [3.63, 3.8) is 0 Å². The predicted molar refractivity (Wildman–Crippen MR) is 174 cm³/mol. The maximum absolute atomic E-state index is 15.0. The summed E-state index contributed by atoms with van der Waals surface area (Å²) in [6, 6.07) is 9.43. The molecular formula is C35H46F7NO4S. The number of methoxy groups -OCH3 is 1. The minimum Gasteiger partial charge on any atom is -0.505 e. The van der Waals surface area contributed by atoms with Crippen LogP contribution < -0.4 is 0 Å². The van der Waals surface area contributed by atoms with Crippen molar-refractivity contribution >= 4 is 21.0 Å². The molecule has 0 saturated heterocycles. The Hall–Kier alpha value is -2.64. The highest BCUT2D eigenvalue weighted by Gasteiger charge is 2.56. The molecule has 1 aliphatic rings. The number of hydrogen-bond donors (Lipinski definition) is 1. The van der Waals surface area contributed by atoms with Gasteiger partial charge in [0.1, 0.15) is 15.7 Å². The Labute approximate surface area is 279 Å².